The summed E-state index contributed by atoms with van der Waals surface area (Å²) in [7, 11) is -3.53. The highest BCUT2D eigenvalue weighted by Gasteiger charge is 2.21. The van der Waals surface area contributed by atoms with Gasteiger partial charge in [-0.05, 0) is 65.9 Å². The van der Waals surface area contributed by atoms with Gasteiger partial charge in [0.15, 0.2) is 6.35 Å². The zero-order chi connectivity index (χ0) is 30.8. The van der Waals surface area contributed by atoms with Crippen molar-refractivity contribution in [3.8, 4) is 0 Å². The van der Waals surface area contributed by atoms with Crippen LogP contribution >= 0.6 is 0 Å². The second-order valence-electron chi connectivity index (χ2n) is 11.4. The van der Waals surface area contributed by atoms with Crippen LogP contribution in [0.25, 0.3) is 10.8 Å². The molecule has 1 saturated heterocycles. The van der Waals surface area contributed by atoms with Crippen LogP contribution < -0.4 is 10.0 Å². The van der Waals surface area contributed by atoms with Crippen molar-refractivity contribution in [3.63, 3.8) is 0 Å². The molecular weight excluding hydrogens is 572 g/mol. The van der Waals surface area contributed by atoms with Crippen LogP contribution in [0.3, 0.4) is 0 Å². The zero-order valence-electron chi connectivity index (χ0n) is 25.4. The molecule has 2 atom stereocenters. The second-order valence-corrected chi connectivity index (χ2v) is 13.2. The Hall–Kier alpha value is -3.15. The van der Waals surface area contributed by atoms with Gasteiger partial charge in [-0.1, -0.05) is 84.9 Å². The summed E-state index contributed by atoms with van der Waals surface area (Å²) in [6.07, 6.45) is 0.685. The molecule has 0 bridgehead atoms. The van der Waals surface area contributed by atoms with Crippen LogP contribution in [0.15, 0.2) is 102 Å². The van der Waals surface area contributed by atoms with Crippen LogP contribution in [0, 0.1) is 0 Å². The lowest BCUT2D eigenvalue weighted by atomic mass is 10.00. The summed E-state index contributed by atoms with van der Waals surface area (Å²) in [4.78, 5) is 4.78. The minimum atomic E-state index is -3.53. The largest absolute Gasteiger partial charge is 0.379 e. The number of nitrogens with one attached hydrogen (secondary N) is 2. The minimum absolute atomic E-state index is 0.0557. The lowest BCUT2D eigenvalue weighted by molar-refractivity contribution is -0.0378. The molecule has 0 saturated carbocycles. The van der Waals surface area contributed by atoms with Crippen molar-refractivity contribution in [1.29, 1.82) is 0 Å². The first-order valence-corrected chi connectivity index (χ1v) is 17.0. The Labute approximate surface area is 261 Å². The standard InChI is InChI=1S/C35H44N4O4S/c1-28(33-14-7-10-31-9-5-6-13-34(31)33)37-35(40)39(22-8-21-38-23-25-43-26-24-38)27-30-17-15-29(16-18-30)19-20-36-44(41,42)32-11-3-2-4-12-32/h2-7,9-18,28,35-37,40H,8,19-27H2,1H3/t28-,35?/m0/s1. The molecule has 5 rings (SSSR count). The average molecular weight is 617 g/mol. The third kappa shape index (κ3) is 8.95. The number of rotatable bonds is 15. The van der Waals surface area contributed by atoms with E-state index in [1.807, 2.05) is 18.2 Å². The van der Waals surface area contributed by atoms with Gasteiger partial charge in [0.25, 0.3) is 0 Å². The third-order valence-corrected chi connectivity index (χ3v) is 9.70. The molecule has 0 amide bonds. The van der Waals surface area contributed by atoms with E-state index in [1.54, 1.807) is 30.3 Å². The van der Waals surface area contributed by atoms with Crippen LogP contribution in [-0.2, 0) is 27.7 Å². The van der Waals surface area contributed by atoms with Gasteiger partial charge in [0, 0.05) is 38.8 Å². The average Bonchev–Trinajstić information content (AvgIpc) is 3.05. The molecule has 8 nitrogen and oxygen atoms in total. The smallest absolute Gasteiger partial charge is 0.240 e. The Kier molecular flexibility index (Phi) is 11.5. The van der Waals surface area contributed by atoms with Crippen LogP contribution in [0.4, 0.5) is 0 Å². The summed E-state index contributed by atoms with van der Waals surface area (Å²) < 4.78 is 33.2. The van der Waals surface area contributed by atoms with E-state index in [2.05, 4.69) is 75.3 Å². The zero-order valence-corrected chi connectivity index (χ0v) is 26.3. The van der Waals surface area contributed by atoms with Crippen molar-refractivity contribution >= 4 is 20.8 Å². The van der Waals surface area contributed by atoms with Crippen molar-refractivity contribution in [1.82, 2.24) is 19.8 Å². The van der Waals surface area contributed by atoms with E-state index in [0.717, 1.165) is 62.5 Å². The fraction of sp³-hybridized carbons (Fsp3) is 0.371. The number of sulfonamides is 1. The van der Waals surface area contributed by atoms with Crippen molar-refractivity contribution in [2.24, 2.45) is 0 Å². The first-order valence-electron chi connectivity index (χ1n) is 15.5. The van der Waals surface area contributed by atoms with Crippen molar-refractivity contribution in [2.75, 3.05) is 45.9 Å². The van der Waals surface area contributed by atoms with Crippen molar-refractivity contribution in [2.45, 2.75) is 43.6 Å². The number of aliphatic hydroxyl groups excluding tert-OH is 1. The maximum atomic E-state index is 12.5. The summed E-state index contributed by atoms with van der Waals surface area (Å²) >= 11 is 0. The van der Waals surface area contributed by atoms with Gasteiger partial charge in [0.1, 0.15) is 0 Å². The Morgan fingerprint density at radius 3 is 2.34 bits per heavy atom. The quantitative estimate of drug-likeness (QED) is 0.169. The molecule has 44 heavy (non-hydrogen) atoms. The second kappa shape index (κ2) is 15.7. The topological polar surface area (TPSA) is 94.1 Å². The van der Waals surface area contributed by atoms with Gasteiger partial charge in [-0.25, -0.2) is 13.1 Å². The molecule has 1 fully saturated rings. The highest BCUT2D eigenvalue weighted by atomic mass is 32.2. The highest BCUT2D eigenvalue weighted by Crippen LogP contribution is 2.25. The van der Waals surface area contributed by atoms with Gasteiger partial charge in [-0.2, -0.15) is 0 Å². The molecule has 4 aromatic rings. The van der Waals surface area contributed by atoms with Crippen LogP contribution in [-0.4, -0.2) is 75.6 Å². The number of fused-ring (bicyclic) bond motifs is 1. The number of hydrogen-bond acceptors (Lipinski definition) is 7. The molecule has 0 radical (unpaired) electrons. The Bertz CT molecular complexity index is 1560. The van der Waals surface area contributed by atoms with Gasteiger partial charge >= 0.3 is 0 Å². The monoisotopic (exact) mass is 616 g/mol. The van der Waals surface area contributed by atoms with Gasteiger partial charge in [0.2, 0.25) is 10.0 Å². The predicted molar refractivity (Wildman–Crippen MR) is 176 cm³/mol. The van der Waals surface area contributed by atoms with E-state index in [4.69, 9.17) is 4.74 Å². The van der Waals surface area contributed by atoms with E-state index in [9.17, 15) is 13.5 Å². The number of hydrogen-bond donors (Lipinski definition) is 3. The number of ether oxygens (including phenoxy) is 1. The van der Waals surface area contributed by atoms with E-state index in [0.29, 0.717) is 19.5 Å². The van der Waals surface area contributed by atoms with Gasteiger partial charge in [0.05, 0.1) is 18.1 Å². The molecule has 1 unspecified atom stereocenters. The number of aliphatic hydroxyl groups is 1. The summed E-state index contributed by atoms with van der Waals surface area (Å²) in [6.45, 7) is 8.13. The van der Waals surface area contributed by atoms with Crippen LogP contribution in [0.2, 0.25) is 0 Å². The molecule has 0 spiro atoms. The minimum Gasteiger partial charge on any atom is -0.379 e. The molecule has 9 heteroatoms. The Morgan fingerprint density at radius 2 is 1.57 bits per heavy atom. The molecule has 234 valence electrons. The fourth-order valence-corrected chi connectivity index (χ4v) is 6.77. The molecule has 1 heterocycles. The summed E-state index contributed by atoms with van der Waals surface area (Å²) in [5, 5.41) is 17.3. The first kappa shape index (κ1) is 32.2. The maximum Gasteiger partial charge on any atom is 0.240 e. The lowest BCUT2D eigenvalue weighted by Crippen LogP contribution is -2.47. The van der Waals surface area contributed by atoms with Crippen molar-refractivity contribution in [3.05, 3.63) is 114 Å². The molecule has 0 aliphatic carbocycles. The van der Waals surface area contributed by atoms with Crippen LogP contribution in [0.1, 0.15) is 36.1 Å². The number of morpholine rings is 1. The maximum absolute atomic E-state index is 12.5. The fourth-order valence-electron chi connectivity index (χ4n) is 5.72. The molecule has 1 aliphatic heterocycles. The molecule has 1 aliphatic rings. The highest BCUT2D eigenvalue weighted by molar-refractivity contribution is 7.89. The van der Waals surface area contributed by atoms with E-state index in [-0.39, 0.29) is 10.9 Å². The van der Waals surface area contributed by atoms with Crippen molar-refractivity contribution < 1.29 is 18.3 Å². The molecular formula is C35H44N4O4S. The normalized spacial score (nSPS) is 15.9. The first-order chi connectivity index (χ1) is 21.4. The molecule has 4 aromatic carbocycles. The van der Waals surface area contributed by atoms with Crippen LogP contribution in [0.5, 0.6) is 0 Å². The summed E-state index contributed by atoms with van der Waals surface area (Å²) in [5.74, 6) is 0. The Balaban J connectivity index is 1.21. The van der Waals surface area contributed by atoms with E-state index in [1.165, 1.54) is 10.8 Å². The number of benzene rings is 4. The predicted octanol–water partition coefficient (Wildman–Crippen LogP) is 4.51. The lowest BCUT2D eigenvalue weighted by Gasteiger charge is -2.32. The molecule has 3 N–H and O–H groups in total. The molecule has 0 aromatic heterocycles. The Morgan fingerprint density at radius 1 is 0.886 bits per heavy atom. The summed E-state index contributed by atoms with van der Waals surface area (Å²) in [5.41, 5.74) is 3.29. The summed E-state index contributed by atoms with van der Waals surface area (Å²) in [6, 6.07) is 31.2. The SMILES string of the molecule is C[C@H](NC(O)N(CCCN1CCOCC1)Cc1ccc(CCNS(=O)(=O)c2ccccc2)cc1)c1cccc2ccccc12. The van der Waals surface area contributed by atoms with Gasteiger partial charge < -0.3 is 9.84 Å². The third-order valence-electron chi connectivity index (χ3n) is 8.23. The number of nitrogens with zero attached hydrogens (tertiary/aromatic N) is 2. The van der Waals surface area contributed by atoms with E-state index >= 15 is 0 Å². The van der Waals surface area contributed by atoms with E-state index < -0.39 is 16.4 Å². The van der Waals surface area contributed by atoms with Gasteiger partial charge in [-0.3, -0.25) is 15.1 Å². The van der Waals surface area contributed by atoms with Gasteiger partial charge in [-0.15, -0.1) is 0 Å².